The van der Waals surface area contributed by atoms with Gasteiger partial charge in [0.15, 0.2) is 0 Å². The highest BCUT2D eigenvalue weighted by atomic mass is 15.1. The van der Waals surface area contributed by atoms with Crippen LogP contribution in [0.1, 0.15) is 45.6 Å². The molecule has 0 aliphatic rings. The van der Waals surface area contributed by atoms with Crippen LogP contribution in [0.5, 0.6) is 0 Å². The van der Waals surface area contributed by atoms with E-state index in [9.17, 15) is 0 Å². The van der Waals surface area contributed by atoms with E-state index in [2.05, 4.69) is 106 Å². The number of H-pyrrole nitrogens is 4. The molecule has 0 amide bonds. The standard InChI is InChI=1S/C25H34N6/c1-30(2)16-24-11-9-22(28-24)14-20-7-5-18(26-20)13-19-6-8-21(27-19)15-23-10-12-25(29-23)17-31(3)4/h5-12,26-29H,13-17H2,1-4H3. The first-order valence-electron chi connectivity index (χ1n) is 10.9. The van der Waals surface area contributed by atoms with Crippen LogP contribution in [-0.2, 0) is 32.4 Å². The van der Waals surface area contributed by atoms with Crippen molar-refractivity contribution >= 4 is 0 Å². The molecule has 6 nitrogen and oxygen atoms in total. The van der Waals surface area contributed by atoms with Gasteiger partial charge in [-0.3, -0.25) is 0 Å². The Morgan fingerprint density at radius 3 is 0.903 bits per heavy atom. The van der Waals surface area contributed by atoms with Crippen molar-refractivity contribution in [2.75, 3.05) is 28.2 Å². The zero-order valence-electron chi connectivity index (χ0n) is 19.0. The zero-order chi connectivity index (χ0) is 21.8. The van der Waals surface area contributed by atoms with Crippen LogP contribution in [0.2, 0.25) is 0 Å². The maximum absolute atomic E-state index is 3.58. The molecule has 4 N–H and O–H groups in total. The number of aromatic amines is 4. The Balaban J connectivity index is 1.32. The zero-order valence-corrected chi connectivity index (χ0v) is 19.0. The van der Waals surface area contributed by atoms with Crippen molar-refractivity contribution in [2.24, 2.45) is 0 Å². The highest BCUT2D eigenvalue weighted by molar-refractivity contribution is 5.27. The predicted octanol–water partition coefficient (Wildman–Crippen LogP) is 3.89. The van der Waals surface area contributed by atoms with Gasteiger partial charge in [0.25, 0.3) is 0 Å². The number of nitrogens with one attached hydrogen (secondary N) is 4. The number of hydrogen-bond acceptors (Lipinski definition) is 2. The van der Waals surface area contributed by atoms with Gasteiger partial charge >= 0.3 is 0 Å². The molecule has 0 saturated heterocycles. The molecule has 0 aliphatic heterocycles. The average molecular weight is 419 g/mol. The molecule has 0 saturated carbocycles. The van der Waals surface area contributed by atoms with Crippen LogP contribution in [0.4, 0.5) is 0 Å². The van der Waals surface area contributed by atoms with Gasteiger partial charge < -0.3 is 29.7 Å². The number of nitrogens with zero attached hydrogens (tertiary/aromatic N) is 2. The first-order valence-corrected chi connectivity index (χ1v) is 10.9. The van der Waals surface area contributed by atoms with E-state index in [-0.39, 0.29) is 0 Å². The second-order valence-electron chi connectivity index (χ2n) is 9.04. The van der Waals surface area contributed by atoms with Crippen LogP contribution in [0, 0.1) is 0 Å². The van der Waals surface area contributed by atoms with Crippen LogP contribution < -0.4 is 0 Å². The Labute approximate surface area is 184 Å². The van der Waals surface area contributed by atoms with E-state index in [1.165, 1.54) is 45.6 Å². The molecular weight excluding hydrogens is 384 g/mol. The summed E-state index contributed by atoms with van der Waals surface area (Å²) < 4.78 is 0. The molecule has 4 aromatic rings. The van der Waals surface area contributed by atoms with Gasteiger partial charge in [0.2, 0.25) is 0 Å². The lowest BCUT2D eigenvalue weighted by Gasteiger charge is -2.06. The van der Waals surface area contributed by atoms with Gasteiger partial charge in [-0.1, -0.05) is 0 Å². The van der Waals surface area contributed by atoms with Crippen LogP contribution >= 0.6 is 0 Å². The molecule has 0 aromatic carbocycles. The molecule has 4 rings (SSSR count). The minimum Gasteiger partial charge on any atom is -0.362 e. The summed E-state index contributed by atoms with van der Waals surface area (Å²) in [5.41, 5.74) is 9.93. The number of hydrogen-bond donors (Lipinski definition) is 4. The fraction of sp³-hybridized carbons (Fsp3) is 0.360. The predicted molar refractivity (Wildman–Crippen MR) is 126 cm³/mol. The Kier molecular flexibility index (Phi) is 6.49. The molecule has 31 heavy (non-hydrogen) atoms. The largest absolute Gasteiger partial charge is 0.362 e. The van der Waals surface area contributed by atoms with Crippen molar-refractivity contribution in [3.8, 4) is 0 Å². The third-order valence-electron chi connectivity index (χ3n) is 5.34. The summed E-state index contributed by atoms with van der Waals surface area (Å²) in [6.45, 7) is 1.87. The second-order valence-corrected chi connectivity index (χ2v) is 9.04. The van der Waals surface area contributed by atoms with Crippen molar-refractivity contribution in [3.05, 3.63) is 94.1 Å². The van der Waals surface area contributed by atoms with E-state index in [1.807, 2.05) is 0 Å². The maximum Gasteiger partial charge on any atom is 0.0379 e. The summed E-state index contributed by atoms with van der Waals surface area (Å²) in [5, 5.41) is 0. The molecule has 0 fully saturated rings. The summed E-state index contributed by atoms with van der Waals surface area (Å²) >= 11 is 0. The van der Waals surface area contributed by atoms with E-state index >= 15 is 0 Å². The van der Waals surface area contributed by atoms with Crippen molar-refractivity contribution in [1.82, 2.24) is 29.7 Å². The van der Waals surface area contributed by atoms with E-state index in [0.717, 1.165) is 32.4 Å². The quantitative estimate of drug-likeness (QED) is 0.316. The first kappa shape index (κ1) is 21.3. The Bertz CT molecular complexity index is 1000. The highest BCUT2D eigenvalue weighted by Crippen LogP contribution is 2.15. The highest BCUT2D eigenvalue weighted by Gasteiger charge is 2.07. The van der Waals surface area contributed by atoms with Gasteiger partial charge in [0.1, 0.15) is 0 Å². The van der Waals surface area contributed by atoms with Crippen LogP contribution in [0.25, 0.3) is 0 Å². The van der Waals surface area contributed by atoms with Gasteiger partial charge in [-0.25, -0.2) is 0 Å². The molecule has 0 bridgehead atoms. The minimum absolute atomic E-state index is 0.882. The van der Waals surface area contributed by atoms with Gasteiger partial charge in [-0.05, 0) is 76.7 Å². The summed E-state index contributed by atoms with van der Waals surface area (Å²) in [4.78, 5) is 18.5. The van der Waals surface area contributed by atoms with E-state index < -0.39 is 0 Å². The Morgan fingerprint density at radius 2 is 0.645 bits per heavy atom. The van der Waals surface area contributed by atoms with Crippen molar-refractivity contribution in [3.63, 3.8) is 0 Å². The summed E-state index contributed by atoms with van der Waals surface area (Å²) in [6.07, 6.45) is 2.67. The van der Waals surface area contributed by atoms with Crippen LogP contribution in [-0.4, -0.2) is 57.9 Å². The molecule has 0 aliphatic carbocycles. The molecular formula is C25H34N6. The molecule has 0 atom stereocenters. The average Bonchev–Trinajstić information content (AvgIpc) is 3.47. The topological polar surface area (TPSA) is 69.6 Å². The minimum atomic E-state index is 0.882. The van der Waals surface area contributed by atoms with E-state index in [0.29, 0.717) is 0 Å². The smallest absolute Gasteiger partial charge is 0.0379 e. The second kappa shape index (κ2) is 9.45. The van der Waals surface area contributed by atoms with Gasteiger partial charge in [0, 0.05) is 77.9 Å². The molecule has 0 unspecified atom stereocenters. The van der Waals surface area contributed by atoms with Crippen molar-refractivity contribution < 1.29 is 0 Å². The lowest BCUT2D eigenvalue weighted by Crippen LogP contribution is -2.10. The van der Waals surface area contributed by atoms with Crippen LogP contribution in [0.3, 0.4) is 0 Å². The molecule has 4 aromatic heterocycles. The van der Waals surface area contributed by atoms with E-state index in [4.69, 9.17) is 0 Å². The van der Waals surface area contributed by atoms with Crippen molar-refractivity contribution in [2.45, 2.75) is 32.4 Å². The molecule has 4 heterocycles. The molecule has 164 valence electrons. The van der Waals surface area contributed by atoms with Gasteiger partial charge in [-0.2, -0.15) is 0 Å². The summed E-state index contributed by atoms with van der Waals surface area (Å²) in [5.74, 6) is 0. The number of rotatable bonds is 10. The van der Waals surface area contributed by atoms with Gasteiger partial charge in [0.05, 0.1) is 0 Å². The van der Waals surface area contributed by atoms with E-state index in [1.54, 1.807) is 0 Å². The third kappa shape index (κ3) is 6.03. The Morgan fingerprint density at radius 1 is 0.419 bits per heavy atom. The van der Waals surface area contributed by atoms with Crippen LogP contribution in [0.15, 0.2) is 48.5 Å². The molecule has 0 spiro atoms. The SMILES string of the molecule is CN(C)Cc1ccc(Cc2ccc(Cc3ccc(Cc4ccc(CN(C)C)[nH]4)[nH]3)[nH]2)[nH]1. The lowest BCUT2D eigenvalue weighted by atomic mass is 10.2. The lowest BCUT2D eigenvalue weighted by molar-refractivity contribution is 0.397. The summed E-state index contributed by atoms with van der Waals surface area (Å²) in [6, 6.07) is 17.5. The fourth-order valence-corrected chi connectivity index (χ4v) is 4.06. The maximum atomic E-state index is 3.58. The van der Waals surface area contributed by atoms with Crippen molar-refractivity contribution in [1.29, 1.82) is 0 Å². The monoisotopic (exact) mass is 418 g/mol. The Hall–Kier alpha value is -2.96. The fourth-order valence-electron chi connectivity index (χ4n) is 4.06. The molecule has 0 radical (unpaired) electrons. The van der Waals surface area contributed by atoms with Gasteiger partial charge in [-0.15, -0.1) is 0 Å². The number of aromatic nitrogens is 4. The molecule has 6 heteroatoms. The summed E-state index contributed by atoms with van der Waals surface area (Å²) in [7, 11) is 8.35. The normalized spacial score (nSPS) is 11.8. The first-order chi connectivity index (χ1) is 14.9. The third-order valence-corrected chi connectivity index (χ3v) is 5.34.